The summed E-state index contributed by atoms with van der Waals surface area (Å²) >= 11 is 0. The molecule has 0 unspecified atom stereocenters. The van der Waals surface area contributed by atoms with Crippen molar-refractivity contribution in [1.29, 1.82) is 0 Å². The van der Waals surface area contributed by atoms with Crippen molar-refractivity contribution in [3.63, 3.8) is 0 Å². The Morgan fingerprint density at radius 2 is 1.96 bits per heavy atom. The molecule has 124 valence electrons. The summed E-state index contributed by atoms with van der Waals surface area (Å²) in [5.74, 6) is 0. The van der Waals surface area contributed by atoms with Crippen LogP contribution in [-0.4, -0.2) is 33.8 Å². The summed E-state index contributed by atoms with van der Waals surface area (Å²) in [6.07, 6.45) is 7.40. The highest BCUT2D eigenvalue weighted by Crippen LogP contribution is 2.27. The second kappa shape index (κ2) is 6.25. The molecule has 0 aliphatic heterocycles. The van der Waals surface area contributed by atoms with Crippen LogP contribution in [0.25, 0.3) is 0 Å². The highest BCUT2D eigenvalue weighted by molar-refractivity contribution is 7.89. The van der Waals surface area contributed by atoms with Crippen molar-refractivity contribution in [2.45, 2.75) is 42.9 Å². The molecule has 2 aromatic rings. The summed E-state index contributed by atoms with van der Waals surface area (Å²) < 4.78 is 30.3. The second-order valence-corrected chi connectivity index (χ2v) is 7.36. The van der Waals surface area contributed by atoms with Crippen LogP contribution in [0.1, 0.15) is 31.7 Å². The number of rotatable bonds is 4. The Bertz CT molecular complexity index is 834. The van der Waals surface area contributed by atoms with E-state index in [4.69, 9.17) is 0 Å². The van der Waals surface area contributed by atoms with Crippen molar-refractivity contribution in [3.8, 4) is 0 Å². The fraction of sp³-hybridized carbons (Fsp3) is 0.500. The zero-order chi connectivity index (χ0) is 16.4. The Labute approximate surface area is 134 Å². The number of aryl methyl sites for hydroxylation is 1. The number of nitrogens with zero attached hydrogens (tertiary/aromatic N) is 4. The molecular formula is C14H19N5O3S. The quantitative estimate of drug-likeness (QED) is 0.873. The van der Waals surface area contributed by atoms with Gasteiger partial charge in [0.2, 0.25) is 5.16 Å². The maximum Gasteiger partial charge on any atom is 0.274 e. The molecule has 0 bridgehead atoms. The first-order valence-electron chi connectivity index (χ1n) is 7.51. The standard InChI is InChI=1S/C14H19N5O3S/c1-18-10-9-15-14(18)23(21,22)17-11-4-6-12(7-5-11)19-13(20)3-2-8-16-19/h2-3,8-12,17H,4-7H2,1H3. The monoisotopic (exact) mass is 337 g/mol. The zero-order valence-corrected chi connectivity index (χ0v) is 13.6. The van der Waals surface area contributed by atoms with Crippen LogP contribution in [0.2, 0.25) is 0 Å². The van der Waals surface area contributed by atoms with Crippen molar-refractivity contribution >= 4 is 10.0 Å². The number of hydrogen-bond donors (Lipinski definition) is 1. The Balaban J connectivity index is 1.65. The van der Waals surface area contributed by atoms with Gasteiger partial charge in [0, 0.05) is 37.7 Å². The average molecular weight is 337 g/mol. The molecule has 0 radical (unpaired) electrons. The van der Waals surface area contributed by atoms with E-state index in [1.165, 1.54) is 21.5 Å². The molecule has 1 aliphatic carbocycles. The Morgan fingerprint density at radius 3 is 2.57 bits per heavy atom. The molecule has 0 amide bonds. The lowest BCUT2D eigenvalue weighted by Crippen LogP contribution is -2.40. The molecule has 2 heterocycles. The SMILES string of the molecule is Cn1ccnc1S(=O)(=O)NC1CCC(n2ncccc2=O)CC1. The molecule has 9 heteroatoms. The summed E-state index contributed by atoms with van der Waals surface area (Å²) in [6.45, 7) is 0. The maximum atomic E-state index is 12.3. The van der Waals surface area contributed by atoms with E-state index >= 15 is 0 Å². The van der Waals surface area contributed by atoms with Crippen LogP contribution in [0.15, 0.2) is 40.7 Å². The molecule has 1 saturated carbocycles. The van der Waals surface area contributed by atoms with Crippen LogP contribution in [-0.2, 0) is 17.1 Å². The Kier molecular flexibility index (Phi) is 4.31. The third kappa shape index (κ3) is 3.35. The van der Waals surface area contributed by atoms with Gasteiger partial charge in [0.15, 0.2) is 0 Å². The van der Waals surface area contributed by atoms with Gasteiger partial charge in [-0.3, -0.25) is 4.79 Å². The average Bonchev–Trinajstić information content (AvgIpc) is 2.96. The van der Waals surface area contributed by atoms with Crippen molar-refractivity contribution in [3.05, 3.63) is 41.1 Å². The third-order valence-electron chi connectivity index (χ3n) is 4.12. The predicted octanol–water partition coefficient (Wildman–Crippen LogP) is 0.439. The Hall–Kier alpha value is -2.00. The minimum Gasteiger partial charge on any atom is -0.324 e. The smallest absolute Gasteiger partial charge is 0.274 e. The molecule has 2 aromatic heterocycles. The van der Waals surface area contributed by atoms with Crippen molar-refractivity contribution in [2.24, 2.45) is 7.05 Å². The number of aromatic nitrogens is 4. The molecule has 1 aliphatic rings. The van der Waals surface area contributed by atoms with Crippen LogP contribution in [0.4, 0.5) is 0 Å². The minimum atomic E-state index is -3.62. The van der Waals surface area contributed by atoms with E-state index in [1.54, 1.807) is 25.5 Å². The fourth-order valence-corrected chi connectivity index (χ4v) is 4.38. The normalized spacial score (nSPS) is 22.1. The van der Waals surface area contributed by atoms with Gasteiger partial charge in [-0.1, -0.05) is 0 Å². The topological polar surface area (TPSA) is 98.9 Å². The number of hydrogen-bond acceptors (Lipinski definition) is 5. The third-order valence-corrected chi connectivity index (χ3v) is 5.64. The molecule has 0 spiro atoms. The molecule has 8 nitrogen and oxygen atoms in total. The van der Waals surface area contributed by atoms with Gasteiger partial charge in [0.25, 0.3) is 15.6 Å². The number of sulfonamides is 1. The van der Waals surface area contributed by atoms with Crippen LogP contribution in [0.3, 0.4) is 0 Å². The van der Waals surface area contributed by atoms with Gasteiger partial charge in [0.1, 0.15) is 0 Å². The van der Waals surface area contributed by atoms with E-state index in [9.17, 15) is 13.2 Å². The molecule has 1 N–H and O–H groups in total. The molecule has 0 saturated heterocycles. The van der Waals surface area contributed by atoms with Gasteiger partial charge in [-0.15, -0.1) is 0 Å². The van der Waals surface area contributed by atoms with Gasteiger partial charge in [-0.25, -0.2) is 22.8 Å². The van der Waals surface area contributed by atoms with Crippen LogP contribution in [0, 0.1) is 0 Å². The molecule has 23 heavy (non-hydrogen) atoms. The van der Waals surface area contributed by atoms with Gasteiger partial charge in [0.05, 0.1) is 6.04 Å². The summed E-state index contributed by atoms with van der Waals surface area (Å²) in [7, 11) is -1.98. The largest absolute Gasteiger partial charge is 0.324 e. The number of imidazole rings is 1. The molecule has 1 fully saturated rings. The zero-order valence-electron chi connectivity index (χ0n) is 12.8. The van der Waals surface area contributed by atoms with Gasteiger partial charge < -0.3 is 4.57 Å². The second-order valence-electron chi connectivity index (χ2n) is 5.75. The van der Waals surface area contributed by atoms with Crippen molar-refractivity contribution < 1.29 is 8.42 Å². The lowest BCUT2D eigenvalue weighted by Gasteiger charge is -2.29. The first-order chi connectivity index (χ1) is 11.0. The highest BCUT2D eigenvalue weighted by Gasteiger charge is 2.28. The summed E-state index contributed by atoms with van der Waals surface area (Å²) in [5, 5.41) is 4.12. The lowest BCUT2D eigenvalue weighted by atomic mass is 9.92. The minimum absolute atomic E-state index is 0.0144. The van der Waals surface area contributed by atoms with Crippen LogP contribution in [0.5, 0.6) is 0 Å². The fourth-order valence-electron chi connectivity index (χ4n) is 2.96. The van der Waals surface area contributed by atoms with Crippen LogP contribution >= 0.6 is 0 Å². The summed E-state index contributed by atoms with van der Waals surface area (Å²) in [4.78, 5) is 15.7. The van der Waals surface area contributed by atoms with Crippen molar-refractivity contribution in [1.82, 2.24) is 24.1 Å². The highest BCUT2D eigenvalue weighted by atomic mass is 32.2. The summed E-state index contributed by atoms with van der Waals surface area (Å²) in [5.41, 5.74) is -0.121. The van der Waals surface area contributed by atoms with Gasteiger partial charge in [-0.2, -0.15) is 5.10 Å². The number of nitrogens with one attached hydrogen (secondary N) is 1. The lowest BCUT2D eigenvalue weighted by molar-refractivity contribution is 0.285. The first kappa shape index (κ1) is 15.9. The Morgan fingerprint density at radius 1 is 1.22 bits per heavy atom. The van der Waals surface area contributed by atoms with E-state index in [1.807, 2.05) is 0 Å². The molecule has 0 atom stereocenters. The van der Waals surface area contributed by atoms with E-state index in [0.29, 0.717) is 25.7 Å². The molecular weight excluding hydrogens is 318 g/mol. The summed E-state index contributed by atoms with van der Waals surface area (Å²) in [6, 6.07) is 2.99. The van der Waals surface area contributed by atoms with E-state index < -0.39 is 10.0 Å². The van der Waals surface area contributed by atoms with E-state index in [2.05, 4.69) is 14.8 Å². The molecule has 0 aromatic carbocycles. The maximum absolute atomic E-state index is 12.3. The van der Waals surface area contributed by atoms with Gasteiger partial charge >= 0.3 is 0 Å². The first-order valence-corrected chi connectivity index (χ1v) is 8.99. The molecule has 3 rings (SSSR count). The van der Waals surface area contributed by atoms with E-state index in [-0.39, 0.29) is 22.8 Å². The van der Waals surface area contributed by atoms with E-state index in [0.717, 1.165) is 0 Å². The predicted molar refractivity (Wildman–Crippen MR) is 83.3 cm³/mol. The van der Waals surface area contributed by atoms with Gasteiger partial charge in [-0.05, 0) is 31.7 Å². The van der Waals surface area contributed by atoms with Crippen LogP contribution < -0.4 is 10.3 Å². The van der Waals surface area contributed by atoms with Crippen molar-refractivity contribution in [2.75, 3.05) is 0 Å².